The van der Waals surface area contributed by atoms with Gasteiger partial charge in [-0.1, -0.05) is 12.1 Å². The average molecular weight is 229 g/mol. The van der Waals surface area contributed by atoms with Gasteiger partial charge in [-0.2, -0.15) is 8.78 Å². The number of hydrogen-bond acceptors (Lipinski definition) is 2. The van der Waals surface area contributed by atoms with Gasteiger partial charge in [-0.05, 0) is 17.7 Å². The molecule has 1 rings (SSSR count). The smallest absolute Gasteiger partial charge is 0.315 e. The first-order valence-corrected chi connectivity index (χ1v) is 4.70. The lowest BCUT2D eigenvalue weighted by atomic mass is 10.2. The van der Waals surface area contributed by atoms with E-state index < -0.39 is 12.3 Å². The molecule has 0 aliphatic carbocycles. The summed E-state index contributed by atoms with van der Waals surface area (Å²) in [6.45, 7) is 0.139. The van der Waals surface area contributed by atoms with Crippen LogP contribution in [-0.2, 0) is 11.3 Å². The van der Waals surface area contributed by atoms with E-state index in [0.29, 0.717) is 5.75 Å². The molecule has 1 amide bonds. The van der Waals surface area contributed by atoms with Gasteiger partial charge in [0.25, 0.3) is 5.91 Å². The van der Waals surface area contributed by atoms with Crippen LogP contribution in [0.1, 0.15) is 5.56 Å². The van der Waals surface area contributed by atoms with Crippen LogP contribution in [-0.4, -0.2) is 31.4 Å². The Kier molecular flexibility index (Phi) is 4.22. The molecule has 0 bridgehead atoms. The number of carbonyl (C=O) groups is 1. The first-order valence-electron chi connectivity index (χ1n) is 4.70. The van der Waals surface area contributed by atoms with Gasteiger partial charge in [0.15, 0.2) is 0 Å². The molecule has 0 atom stereocenters. The highest BCUT2D eigenvalue weighted by Gasteiger charge is 2.19. The Balaban J connectivity index is 2.69. The van der Waals surface area contributed by atoms with Gasteiger partial charge in [0.05, 0.1) is 7.11 Å². The van der Waals surface area contributed by atoms with Crippen molar-refractivity contribution >= 4 is 5.91 Å². The number of halogens is 2. The van der Waals surface area contributed by atoms with E-state index in [4.69, 9.17) is 4.74 Å². The lowest BCUT2D eigenvalue weighted by molar-refractivity contribution is -0.141. The molecule has 0 fully saturated rings. The number of benzene rings is 1. The Morgan fingerprint density at radius 1 is 1.50 bits per heavy atom. The number of ether oxygens (including phenoxy) is 1. The monoisotopic (exact) mass is 229 g/mol. The number of hydrogen-bond donors (Lipinski definition) is 0. The third-order valence-electron chi connectivity index (χ3n) is 2.12. The summed E-state index contributed by atoms with van der Waals surface area (Å²) in [5.74, 6) is -0.543. The van der Waals surface area contributed by atoms with Crippen LogP contribution < -0.4 is 4.74 Å². The van der Waals surface area contributed by atoms with Gasteiger partial charge in [0.2, 0.25) is 0 Å². The molecule has 0 unspecified atom stereocenters. The first-order chi connectivity index (χ1) is 7.54. The SMILES string of the molecule is COc1cccc(CN(C)C(=O)C(F)F)c1. The molecule has 0 aliphatic rings. The maximum atomic E-state index is 12.1. The predicted molar refractivity (Wildman–Crippen MR) is 55.5 cm³/mol. The predicted octanol–water partition coefficient (Wildman–Crippen LogP) is 1.92. The van der Waals surface area contributed by atoms with Crippen molar-refractivity contribution in [1.29, 1.82) is 0 Å². The van der Waals surface area contributed by atoms with E-state index >= 15 is 0 Å². The molecule has 1 aromatic rings. The highest BCUT2D eigenvalue weighted by molar-refractivity contribution is 5.79. The molecule has 0 spiro atoms. The van der Waals surface area contributed by atoms with Crippen LogP contribution in [0.5, 0.6) is 5.75 Å². The normalized spacial score (nSPS) is 10.3. The maximum Gasteiger partial charge on any atom is 0.315 e. The standard InChI is InChI=1S/C11H13F2NO2/c1-14(11(15)10(12)13)7-8-4-3-5-9(6-8)16-2/h3-6,10H,7H2,1-2H3. The Bertz CT molecular complexity index is 369. The van der Waals surface area contributed by atoms with Gasteiger partial charge in [-0.3, -0.25) is 4.79 Å². The highest BCUT2D eigenvalue weighted by Crippen LogP contribution is 2.14. The number of rotatable bonds is 4. The largest absolute Gasteiger partial charge is 0.497 e. The molecule has 0 heterocycles. The highest BCUT2D eigenvalue weighted by atomic mass is 19.3. The number of alkyl halides is 2. The van der Waals surface area contributed by atoms with E-state index in [0.717, 1.165) is 10.5 Å². The van der Waals surface area contributed by atoms with Gasteiger partial charge in [0.1, 0.15) is 5.75 Å². The minimum Gasteiger partial charge on any atom is -0.497 e. The van der Waals surface area contributed by atoms with Gasteiger partial charge in [-0.25, -0.2) is 0 Å². The maximum absolute atomic E-state index is 12.1. The van der Waals surface area contributed by atoms with Crippen molar-refractivity contribution in [2.45, 2.75) is 13.0 Å². The van der Waals surface area contributed by atoms with Crippen molar-refractivity contribution in [3.8, 4) is 5.75 Å². The van der Waals surface area contributed by atoms with Crippen molar-refractivity contribution in [3.05, 3.63) is 29.8 Å². The average Bonchev–Trinajstić information content (AvgIpc) is 2.28. The minimum absolute atomic E-state index is 0.139. The molecular formula is C11H13F2NO2. The minimum atomic E-state index is -2.96. The summed E-state index contributed by atoms with van der Waals surface area (Å²) in [6.07, 6.45) is -2.96. The zero-order valence-corrected chi connectivity index (χ0v) is 9.11. The third kappa shape index (κ3) is 3.18. The molecule has 5 heteroatoms. The zero-order valence-electron chi connectivity index (χ0n) is 9.11. The Morgan fingerprint density at radius 3 is 2.75 bits per heavy atom. The second kappa shape index (κ2) is 5.44. The van der Waals surface area contributed by atoms with Crippen LogP contribution in [0.4, 0.5) is 8.78 Å². The Hall–Kier alpha value is -1.65. The topological polar surface area (TPSA) is 29.5 Å². The van der Waals surface area contributed by atoms with Crippen molar-refractivity contribution in [1.82, 2.24) is 4.90 Å². The number of nitrogens with zero attached hydrogens (tertiary/aromatic N) is 1. The second-order valence-corrected chi connectivity index (χ2v) is 3.35. The number of methoxy groups -OCH3 is 1. The van der Waals surface area contributed by atoms with Crippen molar-refractivity contribution < 1.29 is 18.3 Å². The van der Waals surface area contributed by atoms with E-state index in [2.05, 4.69) is 0 Å². The molecule has 16 heavy (non-hydrogen) atoms. The summed E-state index contributed by atoms with van der Waals surface area (Å²) < 4.78 is 29.2. The molecule has 0 radical (unpaired) electrons. The Morgan fingerprint density at radius 2 is 2.19 bits per heavy atom. The molecule has 0 aromatic heterocycles. The van der Waals surface area contributed by atoms with Crippen LogP contribution in [0.3, 0.4) is 0 Å². The molecule has 88 valence electrons. The third-order valence-corrected chi connectivity index (χ3v) is 2.12. The summed E-state index contributed by atoms with van der Waals surface area (Å²) in [5, 5.41) is 0. The summed E-state index contributed by atoms with van der Waals surface area (Å²) in [6, 6.07) is 6.94. The van der Waals surface area contributed by atoms with E-state index in [1.807, 2.05) is 0 Å². The van der Waals surface area contributed by atoms with Crippen LogP contribution in [0.15, 0.2) is 24.3 Å². The molecule has 0 N–H and O–H groups in total. The summed E-state index contributed by atoms with van der Waals surface area (Å²) in [7, 11) is 2.86. The van der Waals surface area contributed by atoms with Crippen LogP contribution in [0.2, 0.25) is 0 Å². The fraction of sp³-hybridized carbons (Fsp3) is 0.364. The summed E-state index contributed by atoms with van der Waals surface area (Å²) in [4.78, 5) is 11.9. The van der Waals surface area contributed by atoms with Crippen LogP contribution >= 0.6 is 0 Å². The van der Waals surface area contributed by atoms with E-state index in [1.54, 1.807) is 24.3 Å². The molecule has 1 aromatic carbocycles. The van der Waals surface area contributed by atoms with Crippen molar-refractivity contribution in [3.63, 3.8) is 0 Å². The van der Waals surface area contributed by atoms with Crippen LogP contribution in [0, 0.1) is 0 Å². The number of carbonyl (C=O) groups excluding carboxylic acids is 1. The second-order valence-electron chi connectivity index (χ2n) is 3.35. The molecule has 0 saturated heterocycles. The van der Waals surface area contributed by atoms with Gasteiger partial charge >= 0.3 is 6.43 Å². The molecule has 3 nitrogen and oxygen atoms in total. The summed E-state index contributed by atoms with van der Waals surface area (Å²) >= 11 is 0. The van der Waals surface area contributed by atoms with Gasteiger partial charge in [0, 0.05) is 13.6 Å². The fourth-order valence-corrected chi connectivity index (χ4v) is 1.29. The van der Waals surface area contributed by atoms with E-state index in [9.17, 15) is 13.6 Å². The van der Waals surface area contributed by atoms with Crippen molar-refractivity contribution in [2.24, 2.45) is 0 Å². The van der Waals surface area contributed by atoms with E-state index in [1.165, 1.54) is 14.2 Å². The van der Waals surface area contributed by atoms with Crippen LogP contribution in [0.25, 0.3) is 0 Å². The lowest BCUT2D eigenvalue weighted by Gasteiger charge is -2.16. The molecular weight excluding hydrogens is 216 g/mol. The zero-order chi connectivity index (χ0) is 12.1. The van der Waals surface area contributed by atoms with Gasteiger partial charge in [-0.15, -0.1) is 0 Å². The quantitative estimate of drug-likeness (QED) is 0.789. The molecule has 0 saturated carbocycles. The Labute approximate surface area is 92.6 Å². The molecule has 0 aliphatic heterocycles. The lowest BCUT2D eigenvalue weighted by Crippen LogP contribution is -2.31. The van der Waals surface area contributed by atoms with Gasteiger partial charge < -0.3 is 9.64 Å². The summed E-state index contributed by atoms with van der Waals surface area (Å²) in [5.41, 5.74) is 0.746. The van der Waals surface area contributed by atoms with E-state index in [-0.39, 0.29) is 6.54 Å². The fourth-order valence-electron chi connectivity index (χ4n) is 1.29. The van der Waals surface area contributed by atoms with Crippen molar-refractivity contribution in [2.75, 3.05) is 14.2 Å². The number of amides is 1. The first kappa shape index (κ1) is 12.4.